The molecule has 0 atom stereocenters. The lowest BCUT2D eigenvalue weighted by Gasteiger charge is -2.15. The van der Waals surface area contributed by atoms with E-state index in [0.717, 1.165) is 50.0 Å². The van der Waals surface area contributed by atoms with Gasteiger partial charge >= 0.3 is 12.1 Å². The highest BCUT2D eigenvalue weighted by Gasteiger charge is 2.38. The third-order valence-corrected chi connectivity index (χ3v) is 6.39. The highest BCUT2D eigenvalue weighted by molar-refractivity contribution is 6.01. The van der Waals surface area contributed by atoms with E-state index < -0.39 is 12.1 Å². The lowest BCUT2D eigenvalue weighted by molar-refractivity contribution is -0.192. The Morgan fingerprint density at radius 2 is 1.56 bits per heavy atom. The topological polar surface area (TPSA) is 122 Å². The summed E-state index contributed by atoms with van der Waals surface area (Å²) in [6, 6.07) is 28.1. The average molecular weight is 558 g/mol. The van der Waals surface area contributed by atoms with E-state index in [1.165, 1.54) is 0 Å². The first kappa shape index (κ1) is 27.4. The maximum atomic E-state index is 10.7. The normalized spacial score (nSPS) is 11.3. The van der Waals surface area contributed by atoms with Gasteiger partial charge < -0.3 is 20.4 Å². The van der Waals surface area contributed by atoms with E-state index in [0.29, 0.717) is 17.4 Å². The van der Waals surface area contributed by atoms with Crippen LogP contribution >= 0.6 is 0 Å². The Kier molecular flexibility index (Phi) is 7.41. The highest BCUT2D eigenvalue weighted by atomic mass is 19.4. The number of halogens is 3. The van der Waals surface area contributed by atoms with Crippen LogP contribution in [0.5, 0.6) is 5.88 Å². The molecule has 0 aliphatic heterocycles. The van der Waals surface area contributed by atoms with Gasteiger partial charge in [0.1, 0.15) is 5.58 Å². The zero-order valence-corrected chi connectivity index (χ0v) is 21.3. The Balaban J connectivity index is 0.000000431. The highest BCUT2D eigenvalue weighted by Crippen LogP contribution is 2.39. The van der Waals surface area contributed by atoms with Crippen LogP contribution < -0.4 is 5.73 Å². The number of carbonyl (C=O) groups is 1. The number of benzene rings is 3. The molecule has 6 aromatic rings. The lowest BCUT2D eigenvalue weighted by Crippen LogP contribution is -2.21. The quantitative estimate of drug-likeness (QED) is 0.210. The molecule has 10 heteroatoms. The molecule has 3 aromatic carbocycles. The molecular formula is C31H22F3N3O4. The Morgan fingerprint density at radius 1 is 0.878 bits per heavy atom. The predicted molar refractivity (Wildman–Crippen MR) is 149 cm³/mol. The SMILES string of the molecule is NCc1ccc(-c2nc3c(-c4ccc5occc5c4)cnc(O)c3cc2-c2ccccc2)cc1.O=C(O)C(F)(F)F. The maximum absolute atomic E-state index is 10.7. The minimum atomic E-state index is -5.08. The molecule has 41 heavy (non-hydrogen) atoms. The molecule has 0 amide bonds. The van der Waals surface area contributed by atoms with Crippen molar-refractivity contribution >= 4 is 27.8 Å². The third-order valence-electron chi connectivity index (χ3n) is 6.39. The number of aliphatic carboxylic acids is 1. The number of nitrogens with zero attached hydrogens (tertiary/aromatic N) is 2. The van der Waals surface area contributed by atoms with Crippen LogP contribution in [0.2, 0.25) is 0 Å². The van der Waals surface area contributed by atoms with Crippen molar-refractivity contribution in [2.75, 3.05) is 0 Å². The standard InChI is InChI=1S/C29H21N3O2.C2HF3O2/c30-16-18-6-8-20(9-7-18)27-23(19-4-2-1-3-5-19)15-24-28(32-27)25(17-31-29(24)33)21-10-11-26-22(14-21)12-13-34-26;3-2(4,5)1(6)7/h1-15,17H,16,30H2,(H,31,33);(H,6,7). The summed E-state index contributed by atoms with van der Waals surface area (Å²) < 4.78 is 37.2. The first-order chi connectivity index (χ1) is 19.7. The Morgan fingerprint density at radius 3 is 2.22 bits per heavy atom. The van der Waals surface area contributed by atoms with E-state index in [1.807, 2.05) is 78.9 Å². The van der Waals surface area contributed by atoms with Gasteiger partial charge in [0.2, 0.25) is 5.88 Å². The van der Waals surface area contributed by atoms with Gasteiger partial charge in [0.15, 0.2) is 0 Å². The van der Waals surface area contributed by atoms with Crippen molar-refractivity contribution in [3.05, 3.63) is 103 Å². The number of nitrogens with two attached hydrogens (primary N) is 1. The minimum Gasteiger partial charge on any atom is -0.493 e. The minimum absolute atomic E-state index is 0.0437. The summed E-state index contributed by atoms with van der Waals surface area (Å²) in [7, 11) is 0. The fraction of sp³-hybridized carbons (Fsp3) is 0.0645. The van der Waals surface area contributed by atoms with Crippen LogP contribution in [-0.2, 0) is 11.3 Å². The molecule has 7 nitrogen and oxygen atoms in total. The molecule has 206 valence electrons. The number of rotatable bonds is 4. The van der Waals surface area contributed by atoms with E-state index in [2.05, 4.69) is 11.1 Å². The van der Waals surface area contributed by atoms with Gasteiger partial charge in [-0.1, -0.05) is 60.7 Å². The van der Waals surface area contributed by atoms with Gasteiger partial charge in [0.25, 0.3) is 0 Å². The molecule has 0 fully saturated rings. The van der Waals surface area contributed by atoms with Crippen molar-refractivity contribution in [1.29, 1.82) is 0 Å². The smallest absolute Gasteiger partial charge is 0.490 e. The van der Waals surface area contributed by atoms with Crippen LogP contribution in [0.15, 0.2) is 102 Å². The van der Waals surface area contributed by atoms with Crippen molar-refractivity contribution in [3.8, 4) is 39.4 Å². The Hall–Kier alpha value is -5.22. The molecule has 0 unspecified atom stereocenters. The van der Waals surface area contributed by atoms with Gasteiger partial charge in [0, 0.05) is 34.8 Å². The van der Waals surface area contributed by atoms with Gasteiger partial charge in [-0.15, -0.1) is 0 Å². The van der Waals surface area contributed by atoms with Crippen LogP contribution in [-0.4, -0.2) is 32.3 Å². The largest absolute Gasteiger partial charge is 0.493 e. The Labute approximate surface area is 231 Å². The van der Waals surface area contributed by atoms with E-state index in [-0.39, 0.29) is 5.88 Å². The number of pyridine rings is 2. The van der Waals surface area contributed by atoms with Gasteiger partial charge in [-0.25, -0.2) is 14.8 Å². The van der Waals surface area contributed by atoms with Gasteiger partial charge in [-0.2, -0.15) is 13.2 Å². The first-order valence-corrected chi connectivity index (χ1v) is 12.3. The number of hydrogen-bond donors (Lipinski definition) is 3. The Bertz CT molecular complexity index is 1850. The molecule has 4 N–H and O–H groups in total. The monoisotopic (exact) mass is 557 g/mol. The maximum Gasteiger partial charge on any atom is 0.490 e. The number of alkyl halides is 3. The predicted octanol–water partition coefficient (Wildman–Crippen LogP) is 7.17. The molecule has 0 saturated carbocycles. The van der Waals surface area contributed by atoms with Crippen LogP contribution in [0.25, 0.3) is 55.4 Å². The zero-order chi connectivity index (χ0) is 29.1. The first-order valence-electron chi connectivity index (χ1n) is 12.3. The van der Waals surface area contributed by atoms with E-state index in [4.69, 9.17) is 25.0 Å². The van der Waals surface area contributed by atoms with E-state index >= 15 is 0 Å². The van der Waals surface area contributed by atoms with Crippen molar-refractivity contribution in [2.24, 2.45) is 5.73 Å². The number of furan rings is 1. The van der Waals surface area contributed by atoms with E-state index in [1.54, 1.807) is 12.5 Å². The van der Waals surface area contributed by atoms with Crippen molar-refractivity contribution in [2.45, 2.75) is 12.7 Å². The zero-order valence-electron chi connectivity index (χ0n) is 21.3. The summed E-state index contributed by atoms with van der Waals surface area (Å²) in [5, 5.41) is 19.4. The summed E-state index contributed by atoms with van der Waals surface area (Å²) in [6.45, 7) is 0.483. The second kappa shape index (κ2) is 11.1. The van der Waals surface area contributed by atoms with Crippen LogP contribution in [0.1, 0.15) is 5.56 Å². The van der Waals surface area contributed by atoms with E-state index in [9.17, 15) is 18.3 Å². The van der Waals surface area contributed by atoms with Crippen molar-refractivity contribution < 1.29 is 32.6 Å². The van der Waals surface area contributed by atoms with Gasteiger partial charge in [-0.05, 0) is 41.0 Å². The van der Waals surface area contributed by atoms with Crippen LogP contribution in [0.3, 0.4) is 0 Å². The third kappa shape index (κ3) is 5.73. The van der Waals surface area contributed by atoms with Gasteiger partial charge in [0.05, 0.1) is 22.9 Å². The summed E-state index contributed by atoms with van der Waals surface area (Å²) >= 11 is 0. The molecule has 0 spiro atoms. The van der Waals surface area contributed by atoms with Crippen molar-refractivity contribution in [3.63, 3.8) is 0 Å². The molecule has 0 saturated heterocycles. The summed E-state index contributed by atoms with van der Waals surface area (Å²) in [4.78, 5) is 18.3. The number of aromatic nitrogens is 2. The fourth-order valence-corrected chi connectivity index (χ4v) is 4.35. The molecule has 3 aromatic heterocycles. The van der Waals surface area contributed by atoms with Gasteiger partial charge in [-0.3, -0.25) is 0 Å². The molecule has 3 heterocycles. The number of hydrogen-bond acceptors (Lipinski definition) is 6. The molecular weight excluding hydrogens is 535 g/mol. The molecule has 0 radical (unpaired) electrons. The fourth-order valence-electron chi connectivity index (χ4n) is 4.35. The molecule has 0 bridgehead atoms. The second-order valence-electron chi connectivity index (χ2n) is 9.02. The summed E-state index contributed by atoms with van der Waals surface area (Å²) in [5.41, 5.74) is 13.9. The van der Waals surface area contributed by atoms with Crippen molar-refractivity contribution in [1.82, 2.24) is 9.97 Å². The number of carboxylic acid groups (broad SMARTS) is 1. The second-order valence-corrected chi connectivity index (χ2v) is 9.02. The summed E-state index contributed by atoms with van der Waals surface area (Å²) in [5.74, 6) is -2.80. The molecule has 0 aliphatic rings. The number of carboxylic acids is 1. The number of fused-ring (bicyclic) bond motifs is 2. The lowest BCUT2D eigenvalue weighted by atomic mass is 9.95. The van der Waals surface area contributed by atoms with Crippen LogP contribution in [0.4, 0.5) is 13.2 Å². The summed E-state index contributed by atoms with van der Waals surface area (Å²) in [6.07, 6.45) is -1.73. The average Bonchev–Trinajstić information content (AvgIpc) is 3.45. The molecule has 6 rings (SSSR count). The molecule has 0 aliphatic carbocycles. The van der Waals surface area contributed by atoms with Crippen LogP contribution in [0, 0.1) is 0 Å². The number of aromatic hydroxyl groups is 1.